The highest BCUT2D eigenvalue weighted by Crippen LogP contribution is 2.02. The number of carbonyl (C=O) groups excluding carboxylic acids is 2. The van der Waals surface area contributed by atoms with E-state index in [4.69, 9.17) is 4.74 Å². The fraction of sp³-hybridized carbons (Fsp3) is 0.867. The molecule has 1 amide bonds. The lowest BCUT2D eigenvalue weighted by molar-refractivity contribution is -0.160. The van der Waals surface area contributed by atoms with Gasteiger partial charge in [0.25, 0.3) is 0 Å². The zero-order valence-corrected chi connectivity index (χ0v) is 12.7. The number of unbranched alkanes of at least 4 members (excludes halogenated alkanes) is 4. The first kappa shape index (κ1) is 17.9. The molecule has 4 nitrogen and oxygen atoms in total. The molecular formula is C15H29NO3. The van der Waals surface area contributed by atoms with Crippen LogP contribution in [-0.4, -0.2) is 36.5 Å². The van der Waals surface area contributed by atoms with Gasteiger partial charge in [0, 0.05) is 13.1 Å². The Bertz CT molecular complexity index is 246. The van der Waals surface area contributed by atoms with Crippen molar-refractivity contribution < 1.29 is 14.3 Å². The van der Waals surface area contributed by atoms with E-state index in [1.165, 1.54) is 0 Å². The minimum Gasteiger partial charge on any atom is -0.459 e. The van der Waals surface area contributed by atoms with E-state index in [1.807, 2.05) is 0 Å². The molecule has 0 aromatic rings. The molecule has 0 spiro atoms. The van der Waals surface area contributed by atoms with E-state index in [1.54, 1.807) is 4.90 Å². The fourth-order valence-corrected chi connectivity index (χ4v) is 1.72. The van der Waals surface area contributed by atoms with Gasteiger partial charge in [0.1, 0.15) is 0 Å². The molecule has 0 aliphatic heterocycles. The van der Waals surface area contributed by atoms with Crippen LogP contribution in [0.3, 0.4) is 0 Å². The Kier molecular flexibility index (Phi) is 11.3. The van der Waals surface area contributed by atoms with Gasteiger partial charge in [0.2, 0.25) is 0 Å². The van der Waals surface area contributed by atoms with Gasteiger partial charge in [-0.3, -0.25) is 4.79 Å². The zero-order valence-electron chi connectivity index (χ0n) is 12.7. The number of hydrogen-bond acceptors (Lipinski definition) is 3. The maximum absolute atomic E-state index is 12.0. The highest BCUT2D eigenvalue weighted by molar-refractivity contribution is 6.32. The summed E-state index contributed by atoms with van der Waals surface area (Å²) in [5.41, 5.74) is 0. The third kappa shape index (κ3) is 8.62. The van der Waals surface area contributed by atoms with Gasteiger partial charge in [-0.15, -0.1) is 0 Å². The monoisotopic (exact) mass is 271 g/mol. The van der Waals surface area contributed by atoms with Gasteiger partial charge in [-0.2, -0.15) is 0 Å². The van der Waals surface area contributed by atoms with Crippen molar-refractivity contribution in [1.29, 1.82) is 0 Å². The highest BCUT2D eigenvalue weighted by Gasteiger charge is 2.22. The normalized spacial score (nSPS) is 10.3. The number of esters is 1. The maximum atomic E-state index is 12.0. The summed E-state index contributed by atoms with van der Waals surface area (Å²) < 4.78 is 5.02. The number of amides is 1. The molecule has 19 heavy (non-hydrogen) atoms. The zero-order chi connectivity index (χ0) is 14.5. The molecule has 0 unspecified atom stereocenters. The van der Waals surface area contributed by atoms with Crippen LogP contribution >= 0.6 is 0 Å². The van der Waals surface area contributed by atoms with Gasteiger partial charge in [-0.25, -0.2) is 4.79 Å². The molecule has 4 heteroatoms. The van der Waals surface area contributed by atoms with Gasteiger partial charge in [-0.1, -0.05) is 46.5 Å². The van der Waals surface area contributed by atoms with E-state index in [-0.39, 0.29) is 0 Å². The minimum absolute atomic E-state index is 0.355. The molecule has 0 rings (SSSR count). The highest BCUT2D eigenvalue weighted by atomic mass is 16.5. The number of carbonyl (C=O) groups is 2. The van der Waals surface area contributed by atoms with Gasteiger partial charge in [0.05, 0.1) is 6.61 Å². The quantitative estimate of drug-likeness (QED) is 0.348. The van der Waals surface area contributed by atoms with Gasteiger partial charge in [0.15, 0.2) is 0 Å². The lowest BCUT2D eigenvalue weighted by Crippen LogP contribution is -2.39. The minimum atomic E-state index is -0.691. The first-order valence-electron chi connectivity index (χ1n) is 7.63. The molecule has 0 aromatic heterocycles. The number of hydrogen-bond donors (Lipinski definition) is 0. The Morgan fingerprint density at radius 3 is 1.84 bits per heavy atom. The van der Waals surface area contributed by atoms with E-state index >= 15 is 0 Å². The third-order valence-electron chi connectivity index (χ3n) is 3.01. The largest absolute Gasteiger partial charge is 0.459 e. The van der Waals surface area contributed by atoms with Crippen molar-refractivity contribution in [2.45, 2.75) is 65.7 Å². The molecule has 0 saturated heterocycles. The van der Waals surface area contributed by atoms with Crippen molar-refractivity contribution in [3.8, 4) is 0 Å². The molecule has 0 heterocycles. The van der Waals surface area contributed by atoms with Crippen LogP contribution in [0.25, 0.3) is 0 Å². The summed E-state index contributed by atoms with van der Waals surface area (Å²) in [7, 11) is 0. The van der Waals surface area contributed by atoms with Crippen LogP contribution in [0.15, 0.2) is 0 Å². The molecule has 0 atom stereocenters. The molecule has 0 fully saturated rings. The molecule has 0 radical (unpaired) electrons. The molecule has 0 saturated carbocycles. The molecular weight excluding hydrogens is 242 g/mol. The van der Waals surface area contributed by atoms with Crippen LogP contribution < -0.4 is 0 Å². The summed E-state index contributed by atoms with van der Waals surface area (Å²) in [5, 5.41) is 0. The van der Waals surface area contributed by atoms with Crippen LogP contribution in [0.5, 0.6) is 0 Å². The SMILES string of the molecule is CCCCCOC(=O)C(=O)N(CCCC)CCCC. The smallest absolute Gasteiger partial charge is 0.397 e. The second-order valence-corrected chi connectivity index (χ2v) is 4.84. The van der Waals surface area contributed by atoms with E-state index < -0.39 is 11.9 Å². The topological polar surface area (TPSA) is 46.6 Å². The Morgan fingerprint density at radius 1 is 0.842 bits per heavy atom. The number of ether oxygens (including phenoxy) is 1. The van der Waals surface area contributed by atoms with Crippen LogP contribution in [-0.2, 0) is 14.3 Å². The number of rotatable bonds is 10. The van der Waals surface area contributed by atoms with Gasteiger partial charge < -0.3 is 9.64 Å². The average molecular weight is 271 g/mol. The lowest BCUT2D eigenvalue weighted by atomic mass is 10.2. The van der Waals surface area contributed by atoms with E-state index in [9.17, 15) is 9.59 Å². The van der Waals surface area contributed by atoms with Gasteiger partial charge in [-0.05, 0) is 19.3 Å². The van der Waals surface area contributed by atoms with E-state index in [2.05, 4.69) is 20.8 Å². The van der Waals surface area contributed by atoms with Crippen LogP contribution in [0, 0.1) is 0 Å². The molecule has 0 bridgehead atoms. The van der Waals surface area contributed by atoms with Crippen molar-refractivity contribution in [2.24, 2.45) is 0 Å². The maximum Gasteiger partial charge on any atom is 0.397 e. The van der Waals surface area contributed by atoms with Crippen molar-refractivity contribution >= 4 is 11.9 Å². The Hall–Kier alpha value is -1.06. The summed E-state index contributed by atoms with van der Waals surface area (Å²) in [6.07, 6.45) is 6.82. The van der Waals surface area contributed by atoms with Crippen LogP contribution in [0.2, 0.25) is 0 Å². The van der Waals surface area contributed by atoms with Gasteiger partial charge >= 0.3 is 11.9 Å². The Balaban J connectivity index is 4.14. The van der Waals surface area contributed by atoms with Crippen LogP contribution in [0.4, 0.5) is 0 Å². The molecule has 0 aromatic carbocycles. The summed E-state index contributed by atoms with van der Waals surface area (Å²) in [4.78, 5) is 25.3. The summed E-state index contributed by atoms with van der Waals surface area (Å²) in [6, 6.07) is 0. The first-order valence-corrected chi connectivity index (χ1v) is 7.63. The summed E-state index contributed by atoms with van der Waals surface area (Å²) >= 11 is 0. The standard InChI is InChI=1S/C15H29NO3/c1-4-7-10-13-19-15(18)14(17)16(11-8-5-2)12-9-6-3/h4-13H2,1-3H3. The van der Waals surface area contributed by atoms with Crippen molar-refractivity contribution in [3.05, 3.63) is 0 Å². The summed E-state index contributed by atoms with van der Waals surface area (Å²) in [6.45, 7) is 7.90. The van der Waals surface area contributed by atoms with Crippen molar-refractivity contribution in [3.63, 3.8) is 0 Å². The Labute approximate surface area is 117 Å². The predicted molar refractivity (Wildman–Crippen MR) is 76.9 cm³/mol. The van der Waals surface area contributed by atoms with Crippen molar-refractivity contribution in [1.82, 2.24) is 4.90 Å². The van der Waals surface area contributed by atoms with E-state index in [0.717, 1.165) is 44.9 Å². The second-order valence-electron chi connectivity index (χ2n) is 4.84. The first-order chi connectivity index (χ1) is 9.17. The molecule has 0 aliphatic carbocycles. The molecule has 0 aliphatic rings. The fourth-order valence-electron chi connectivity index (χ4n) is 1.72. The lowest BCUT2D eigenvalue weighted by Gasteiger charge is -2.21. The molecule has 0 N–H and O–H groups in total. The second kappa shape index (κ2) is 12.0. The summed E-state index contributed by atoms with van der Waals surface area (Å²) in [5.74, 6) is -1.17. The number of nitrogens with zero attached hydrogens (tertiary/aromatic N) is 1. The van der Waals surface area contributed by atoms with Crippen LogP contribution in [0.1, 0.15) is 65.7 Å². The predicted octanol–water partition coefficient (Wildman–Crippen LogP) is 3.15. The Morgan fingerprint density at radius 2 is 1.37 bits per heavy atom. The van der Waals surface area contributed by atoms with E-state index in [0.29, 0.717) is 19.7 Å². The van der Waals surface area contributed by atoms with Crippen molar-refractivity contribution in [2.75, 3.05) is 19.7 Å². The third-order valence-corrected chi connectivity index (χ3v) is 3.01. The average Bonchev–Trinajstić information content (AvgIpc) is 2.43. The molecule has 112 valence electrons.